The first-order valence-corrected chi connectivity index (χ1v) is 10.4. The van der Waals surface area contributed by atoms with Crippen LogP contribution in [0.1, 0.15) is 42.2 Å². The van der Waals surface area contributed by atoms with Gasteiger partial charge in [-0.1, -0.05) is 36.4 Å². The van der Waals surface area contributed by atoms with Crippen LogP contribution in [0.4, 0.5) is 17.1 Å². The number of fused-ring (bicyclic) bond motifs is 1. The minimum absolute atomic E-state index is 0.0614. The van der Waals surface area contributed by atoms with Gasteiger partial charge in [-0.05, 0) is 49.2 Å². The summed E-state index contributed by atoms with van der Waals surface area (Å²) in [6.45, 7) is 3.50. The van der Waals surface area contributed by atoms with Crippen molar-refractivity contribution in [2.24, 2.45) is 0 Å². The van der Waals surface area contributed by atoms with Crippen LogP contribution in [0.3, 0.4) is 0 Å². The predicted molar refractivity (Wildman–Crippen MR) is 123 cm³/mol. The summed E-state index contributed by atoms with van der Waals surface area (Å²) in [4.78, 5) is 40.0. The summed E-state index contributed by atoms with van der Waals surface area (Å²) in [7, 11) is 0. The number of nitrogens with zero attached hydrogens (tertiary/aromatic N) is 3. The van der Waals surface area contributed by atoms with Crippen LogP contribution in [-0.2, 0) is 4.79 Å². The van der Waals surface area contributed by atoms with Gasteiger partial charge < -0.3 is 9.80 Å². The van der Waals surface area contributed by atoms with E-state index >= 15 is 0 Å². The first kappa shape index (κ1) is 21.2. The zero-order valence-corrected chi connectivity index (χ0v) is 17.8. The molecule has 2 atom stereocenters. The molecule has 7 nitrogen and oxygen atoms in total. The Morgan fingerprint density at radius 3 is 2.22 bits per heavy atom. The van der Waals surface area contributed by atoms with Gasteiger partial charge in [0.1, 0.15) is 0 Å². The number of hydrogen-bond acceptors (Lipinski definition) is 4. The Kier molecular flexibility index (Phi) is 5.73. The van der Waals surface area contributed by atoms with Gasteiger partial charge in [0.05, 0.1) is 11.0 Å². The topological polar surface area (TPSA) is 83.8 Å². The lowest BCUT2D eigenvalue weighted by Gasteiger charge is -2.43. The lowest BCUT2D eigenvalue weighted by molar-refractivity contribution is -0.384. The number of benzene rings is 3. The average Bonchev–Trinajstić information content (AvgIpc) is 2.79. The van der Waals surface area contributed by atoms with Crippen molar-refractivity contribution in [1.82, 2.24) is 0 Å². The Hall–Kier alpha value is -4.00. The van der Waals surface area contributed by atoms with Gasteiger partial charge in [-0.2, -0.15) is 0 Å². The third-order valence-electron chi connectivity index (χ3n) is 5.79. The maximum atomic E-state index is 13.4. The van der Waals surface area contributed by atoms with Gasteiger partial charge in [0.2, 0.25) is 5.91 Å². The van der Waals surface area contributed by atoms with Crippen LogP contribution in [0.25, 0.3) is 0 Å². The average molecular weight is 429 g/mol. The first-order valence-electron chi connectivity index (χ1n) is 10.4. The number of anilines is 2. The zero-order valence-electron chi connectivity index (χ0n) is 17.8. The monoisotopic (exact) mass is 429 g/mol. The molecule has 0 fully saturated rings. The highest BCUT2D eigenvalue weighted by molar-refractivity contribution is 6.07. The quantitative estimate of drug-likeness (QED) is 0.425. The largest absolute Gasteiger partial charge is 0.305 e. The van der Waals surface area contributed by atoms with Crippen LogP contribution in [0.2, 0.25) is 0 Å². The van der Waals surface area contributed by atoms with Crippen LogP contribution in [0, 0.1) is 10.1 Å². The molecule has 0 unspecified atom stereocenters. The van der Waals surface area contributed by atoms with Crippen LogP contribution < -0.4 is 9.80 Å². The molecule has 32 heavy (non-hydrogen) atoms. The van der Waals surface area contributed by atoms with Crippen molar-refractivity contribution in [2.75, 3.05) is 9.80 Å². The van der Waals surface area contributed by atoms with E-state index in [2.05, 4.69) is 0 Å². The van der Waals surface area contributed by atoms with Crippen molar-refractivity contribution in [3.8, 4) is 0 Å². The smallest absolute Gasteiger partial charge is 0.269 e. The lowest BCUT2D eigenvalue weighted by Crippen LogP contribution is -2.47. The molecular weight excluding hydrogens is 406 g/mol. The molecule has 3 aromatic rings. The highest BCUT2D eigenvalue weighted by Gasteiger charge is 2.38. The molecule has 0 radical (unpaired) electrons. The zero-order chi connectivity index (χ0) is 22.8. The fourth-order valence-electron chi connectivity index (χ4n) is 4.37. The Morgan fingerprint density at radius 2 is 1.59 bits per heavy atom. The first-order chi connectivity index (χ1) is 15.4. The summed E-state index contributed by atoms with van der Waals surface area (Å²) in [6, 6.07) is 22.3. The van der Waals surface area contributed by atoms with Gasteiger partial charge in [0, 0.05) is 42.0 Å². The van der Waals surface area contributed by atoms with Crippen LogP contribution >= 0.6 is 0 Å². The molecule has 1 heterocycles. The summed E-state index contributed by atoms with van der Waals surface area (Å²) >= 11 is 0. The Morgan fingerprint density at radius 1 is 0.969 bits per heavy atom. The molecule has 1 aliphatic heterocycles. The molecule has 162 valence electrons. The van der Waals surface area contributed by atoms with E-state index in [0.29, 0.717) is 12.0 Å². The van der Waals surface area contributed by atoms with E-state index in [1.165, 1.54) is 24.3 Å². The molecule has 4 rings (SSSR count). The van der Waals surface area contributed by atoms with Crippen LogP contribution in [0.5, 0.6) is 0 Å². The number of nitro benzene ring substituents is 1. The summed E-state index contributed by atoms with van der Waals surface area (Å²) < 4.78 is 0. The molecule has 2 amide bonds. The summed E-state index contributed by atoms with van der Waals surface area (Å²) in [5.41, 5.74) is 2.75. The van der Waals surface area contributed by atoms with Gasteiger partial charge in [0.15, 0.2) is 0 Å². The predicted octanol–water partition coefficient (Wildman–Crippen LogP) is 5.13. The molecule has 1 aliphatic rings. The highest BCUT2D eigenvalue weighted by atomic mass is 16.6. The van der Waals surface area contributed by atoms with E-state index in [1.807, 2.05) is 61.5 Å². The molecule has 0 aromatic heterocycles. The minimum atomic E-state index is -0.488. The Balaban J connectivity index is 1.74. The molecule has 0 aliphatic carbocycles. The summed E-state index contributed by atoms with van der Waals surface area (Å²) in [6.07, 6.45) is 0.560. The number of non-ortho nitro benzene ring substituents is 1. The van der Waals surface area contributed by atoms with Gasteiger partial charge in [0.25, 0.3) is 11.6 Å². The normalized spacial score (nSPS) is 17.4. The molecule has 0 spiro atoms. The third kappa shape index (κ3) is 3.85. The fraction of sp³-hybridized carbons (Fsp3) is 0.200. The van der Waals surface area contributed by atoms with Gasteiger partial charge in [-0.3, -0.25) is 19.7 Å². The Bertz CT molecular complexity index is 1160. The summed E-state index contributed by atoms with van der Waals surface area (Å²) in [5.74, 6) is -0.300. The van der Waals surface area contributed by atoms with Crippen LogP contribution in [-0.4, -0.2) is 22.8 Å². The van der Waals surface area contributed by atoms with Crippen molar-refractivity contribution in [3.63, 3.8) is 0 Å². The SMILES string of the molecule is CC(=O)N(c1ccccc1)[C@H]1C[C@@H](C)N(C(=O)c2ccc([N+](=O)[O-])cc2)c2ccccc21. The third-order valence-corrected chi connectivity index (χ3v) is 5.79. The number of hydrogen-bond donors (Lipinski definition) is 0. The number of nitro groups is 1. The second kappa shape index (κ2) is 8.63. The number of amides is 2. The number of carbonyl (C=O) groups is 2. The molecule has 7 heteroatoms. The second-order valence-corrected chi connectivity index (χ2v) is 7.86. The van der Waals surface area contributed by atoms with E-state index in [-0.39, 0.29) is 29.6 Å². The maximum Gasteiger partial charge on any atom is 0.269 e. The molecule has 0 saturated carbocycles. The molecule has 3 aromatic carbocycles. The lowest BCUT2D eigenvalue weighted by atomic mass is 9.89. The summed E-state index contributed by atoms with van der Waals surface area (Å²) in [5, 5.41) is 10.9. The van der Waals surface area contributed by atoms with E-state index in [0.717, 1.165) is 16.9 Å². The van der Waals surface area contributed by atoms with Gasteiger partial charge in [-0.25, -0.2) is 0 Å². The number of carbonyl (C=O) groups excluding carboxylic acids is 2. The number of rotatable bonds is 4. The maximum absolute atomic E-state index is 13.4. The highest BCUT2D eigenvalue weighted by Crippen LogP contribution is 2.42. The molecule has 0 N–H and O–H groups in total. The van der Waals surface area contributed by atoms with Crippen molar-refractivity contribution < 1.29 is 14.5 Å². The number of para-hydroxylation sites is 2. The van der Waals surface area contributed by atoms with Crippen LogP contribution in [0.15, 0.2) is 78.9 Å². The van der Waals surface area contributed by atoms with Crippen molar-refractivity contribution in [2.45, 2.75) is 32.4 Å². The van der Waals surface area contributed by atoms with E-state index < -0.39 is 4.92 Å². The van der Waals surface area contributed by atoms with Crippen molar-refractivity contribution in [1.29, 1.82) is 0 Å². The van der Waals surface area contributed by atoms with E-state index in [9.17, 15) is 19.7 Å². The minimum Gasteiger partial charge on any atom is -0.305 e. The molecule has 0 saturated heterocycles. The Labute approximate surface area is 186 Å². The fourth-order valence-corrected chi connectivity index (χ4v) is 4.37. The molecule has 0 bridgehead atoms. The van der Waals surface area contributed by atoms with E-state index in [1.54, 1.807) is 16.7 Å². The standard InChI is InChI=1S/C25H23N3O4/c1-17-16-24(27(18(2)29)20-8-4-3-5-9-20)22-10-6-7-11-23(22)26(17)25(30)19-12-14-21(15-13-19)28(31)32/h3-15,17,24H,16H2,1-2H3/t17-,24+/m1/s1. The van der Waals surface area contributed by atoms with Crippen molar-refractivity contribution in [3.05, 3.63) is 100 Å². The molecular formula is C25H23N3O4. The second-order valence-electron chi connectivity index (χ2n) is 7.86. The van der Waals surface area contributed by atoms with E-state index in [4.69, 9.17) is 0 Å². The van der Waals surface area contributed by atoms with Gasteiger partial charge in [-0.15, -0.1) is 0 Å². The van der Waals surface area contributed by atoms with Crippen molar-refractivity contribution >= 4 is 28.9 Å². The van der Waals surface area contributed by atoms with Gasteiger partial charge >= 0.3 is 0 Å².